The first-order valence-corrected chi connectivity index (χ1v) is 12.6. The van der Waals surface area contributed by atoms with Crippen LogP contribution in [0.2, 0.25) is 0 Å². The third-order valence-corrected chi connectivity index (χ3v) is 6.47. The topological polar surface area (TPSA) is 82.2 Å². The van der Waals surface area contributed by atoms with Gasteiger partial charge >= 0.3 is 0 Å². The van der Waals surface area contributed by atoms with Crippen molar-refractivity contribution in [1.29, 1.82) is 0 Å². The highest BCUT2D eigenvalue weighted by molar-refractivity contribution is 5.99. The molecule has 8 nitrogen and oxygen atoms in total. The average Bonchev–Trinajstić information content (AvgIpc) is 2.95. The second-order valence-electron chi connectivity index (χ2n) is 9.08. The largest absolute Gasteiger partial charge is 0.383 e. The molecule has 3 amide bonds. The molecule has 1 N–H and O–H groups in total. The first-order chi connectivity index (χ1) is 18.9. The highest BCUT2D eigenvalue weighted by Crippen LogP contribution is 2.21. The summed E-state index contributed by atoms with van der Waals surface area (Å²) in [6.45, 7) is 2.35. The second-order valence-corrected chi connectivity index (χ2v) is 9.08. The summed E-state index contributed by atoms with van der Waals surface area (Å²) in [4.78, 5) is 43.3. The van der Waals surface area contributed by atoms with E-state index in [1.54, 1.807) is 29.2 Å². The molecule has 1 heterocycles. The van der Waals surface area contributed by atoms with Gasteiger partial charge in [0.1, 0.15) is 18.2 Å². The molecule has 1 saturated heterocycles. The minimum absolute atomic E-state index is 0.0752. The molecule has 4 rings (SSSR count). The van der Waals surface area contributed by atoms with Gasteiger partial charge in [-0.3, -0.25) is 14.4 Å². The van der Waals surface area contributed by atoms with Crippen molar-refractivity contribution >= 4 is 29.1 Å². The van der Waals surface area contributed by atoms with E-state index in [4.69, 9.17) is 4.74 Å². The van der Waals surface area contributed by atoms with Gasteiger partial charge in [-0.2, -0.15) is 0 Å². The summed E-state index contributed by atoms with van der Waals surface area (Å²) in [5.41, 5.74) is 1.85. The van der Waals surface area contributed by atoms with Gasteiger partial charge in [-0.1, -0.05) is 12.1 Å². The summed E-state index contributed by atoms with van der Waals surface area (Å²) < 4.78 is 32.3. The van der Waals surface area contributed by atoms with Crippen molar-refractivity contribution in [1.82, 2.24) is 9.80 Å². The number of hydrogen-bond acceptors (Lipinski definition) is 5. The Kier molecular flexibility index (Phi) is 9.22. The van der Waals surface area contributed by atoms with Gasteiger partial charge in [-0.25, -0.2) is 8.78 Å². The molecule has 3 aromatic carbocycles. The van der Waals surface area contributed by atoms with Gasteiger partial charge < -0.3 is 24.8 Å². The van der Waals surface area contributed by atoms with E-state index >= 15 is 0 Å². The van der Waals surface area contributed by atoms with Gasteiger partial charge in [0.05, 0.1) is 12.2 Å². The summed E-state index contributed by atoms with van der Waals surface area (Å²) in [5.74, 6) is -2.07. The Morgan fingerprint density at radius 1 is 0.897 bits per heavy atom. The van der Waals surface area contributed by atoms with Crippen LogP contribution in [-0.4, -0.2) is 80.5 Å². The second kappa shape index (κ2) is 13.0. The predicted molar refractivity (Wildman–Crippen MR) is 144 cm³/mol. The Morgan fingerprint density at radius 3 is 2.21 bits per heavy atom. The Balaban J connectivity index is 1.31. The minimum Gasteiger partial charge on any atom is -0.383 e. The van der Waals surface area contributed by atoms with Crippen LogP contribution >= 0.6 is 0 Å². The van der Waals surface area contributed by atoms with Crippen LogP contribution in [0.15, 0.2) is 72.8 Å². The van der Waals surface area contributed by atoms with E-state index in [0.717, 1.165) is 5.69 Å². The molecule has 1 fully saturated rings. The number of carbonyl (C=O) groups is 3. The molecule has 0 bridgehead atoms. The van der Waals surface area contributed by atoms with Gasteiger partial charge in [-0.15, -0.1) is 0 Å². The number of benzene rings is 3. The standard InChI is InChI=1S/C29H30F2N4O4/c1-39-19-18-35(28(37)21-6-8-22(30)9-7-21)20-27(36)32-23-10-12-24(13-11-23)33-14-16-34(17-15-33)29(38)25-4-2-3-5-26(25)31/h2-13H,14-20H2,1H3,(H,32,36). The minimum atomic E-state index is -0.524. The van der Waals surface area contributed by atoms with E-state index in [1.807, 2.05) is 12.1 Å². The lowest BCUT2D eigenvalue weighted by Crippen LogP contribution is -2.49. The number of rotatable bonds is 9. The molecular weight excluding hydrogens is 506 g/mol. The third kappa shape index (κ3) is 7.17. The SMILES string of the molecule is COCCN(CC(=O)Nc1ccc(N2CCN(C(=O)c3ccccc3F)CC2)cc1)C(=O)c1ccc(F)cc1. The monoisotopic (exact) mass is 536 g/mol. The van der Waals surface area contributed by atoms with E-state index in [2.05, 4.69) is 10.2 Å². The average molecular weight is 537 g/mol. The first-order valence-electron chi connectivity index (χ1n) is 12.6. The number of methoxy groups -OCH3 is 1. The number of piperazine rings is 1. The molecule has 0 radical (unpaired) electrons. The van der Waals surface area contributed by atoms with Gasteiger partial charge in [-0.05, 0) is 60.7 Å². The van der Waals surface area contributed by atoms with Crippen molar-refractivity contribution in [2.24, 2.45) is 0 Å². The zero-order valence-electron chi connectivity index (χ0n) is 21.6. The lowest BCUT2D eigenvalue weighted by atomic mass is 10.1. The van der Waals surface area contributed by atoms with Crippen molar-refractivity contribution in [3.63, 3.8) is 0 Å². The molecule has 0 unspecified atom stereocenters. The quantitative estimate of drug-likeness (QED) is 0.452. The van der Waals surface area contributed by atoms with Crippen LogP contribution in [0, 0.1) is 11.6 Å². The fraction of sp³-hybridized carbons (Fsp3) is 0.276. The number of halogens is 2. The van der Waals surface area contributed by atoms with Crippen molar-refractivity contribution in [3.8, 4) is 0 Å². The number of ether oxygens (including phenoxy) is 1. The summed E-state index contributed by atoms with van der Waals surface area (Å²) in [6.07, 6.45) is 0. The molecule has 10 heteroatoms. The summed E-state index contributed by atoms with van der Waals surface area (Å²) in [6, 6.07) is 18.4. The van der Waals surface area contributed by atoms with Crippen LogP contribution in [0.1, 0.15) is 20.7 Å². The zero-order valence-corrected chi connectivity index (χ0v) is 21.6. The highest BCUT2D eigenvalue weighted by atomic mass is 19.1. The smallest absolute Gasteiger partial charge is 0.256 e. The predicted octanol–water partition coefficient (Wildman–Crippen LogP) is 3.65. The van der Waals surface area contributed by atoms with Crippen molar-refractivity contribution in [3.05, 3.63) is 95.6 Å². The van der Waals surface area contributed by atoms with E-state index < -0.39 is 17.5 Å². The van der Waals surface area contributed by atoms with Gasteiger partial charge in [0.2, 0.25) is 5.91 Å². The Morgan fingerprint density at radius 2 is 1.56 bits per heavy atom. The molecule has 0 atom stereocenters. The molecule has 1 aliphatic heterocycles. The number of nitrogens with zero attached hydrogens (tertiary/aromatic N) is 3. The van der Waals surface area contributed by atoms with E-state index in [1.165, 1.54) is 48.4 Å². The molecule has 1 aliphatic rings. The van der Waals surface area contributed by atoms with Crippen LogP contribution < -0.4 is 10.2 Å². The summed E-state index contributed by atoms with van der Waals surface area (Å²) >= 11 is 0. The number of hydrogen-bond donors (Lipinski definition) is 1. The first kappa shape index (κ1) is 27.7. The molecule has 0 aliphatic carbocycles. The molecule has 0 spiro atoms. The number of nitrogens with one attached hydrogen (secondary N) is 1. The summed E-state index contributed by atoms with van der Waals surface area (Å²) in [5, 5.41) is 2.80. The van der Waals surface area contributed by atoms with E-state index in [0.29, 0.717) is 31.9 Å². The molecule has 0 aromatic heterocycles. The molecule has 3 aromatic rings. The maximum absolute atomic E-state index is 14.0. The van der Waals surface area contributed by atoms with Crippen LogP contribution in [0.4, 0.5) is 20.2 Å². The zero-order chi connectivity index (χ0) is 27.8. The Bertz CT molecular complexity index is 1290. The van der Waals surface area contributed by atoms with Crippen LogP contribution in [0.5, 0.6) is 0 Å². The Labute approximate surface area is 225 Å². The highest BCUT2D eigenvalue weighted by Gasteiger charge is 2.24. The summed E-state index contributed by atoms with van der Waals surface area (Å²) in [7, 11) is 1.50. The normalized spacial score (nSPS) is 13.2. The fourth-order valence-electron chi connectivity index (χ4n) is 4.33. The molecular formula is C29H30F2N4O4. The number of amides is 3. The molecule has 204 valence electrons. The molecule has 39 heavy (non-hydrogen) atoms. The molecule has 0 saturated carbocycles. The van der Waals surface area contributed by atoms with Crippen LogP contribution in [-0.2, 0) is 9.53 Å². The Hall–Kier alpha value is -4.31. The fourth-order valence-corrected chi connectivity index (χ4v) is 4.33. The van der Waals surface area contributed by atoms with Gasteiger partial charge in [0.15, 0.2) is 0 Å². The number of carbonyl (C=O) groups excluding carboxylic acids is 3. The van der Waals surface area contributed by atoms with Gasteiger partial charge in [0, 0.05) is 56.8 Å². The number of anilines is 2. The maximum Gasteiger partial charge on any atom is 0.256 e. The maximum atomic E-state index is 14.0. The van der Waals surface area contributed by atoms with Crippen molar-refractivity contribution in [2.45, 2.75) is 0 Å². The third-order valence-electron chi connectivity index (χ3n) is 6.47. The lowest BCUT2D eigenvalue weighted by molar-refractivity contribution is -0.117. The van der Waals surface area contributed by atoms with Gasteiger partial charge in [0.25, 0.3) is 11.8 Å². The van der Waals surface area contributed by atoms with Crippen molar-refractivity contribution < 1.29 is 27.9 Å². The van der Waals surface area contributed by atoms with E-state index in [-0.39, 0.29) is 42.6 Å². The van der Waals surface area contributed by atoms with Crippen LogP contribution in [0.25, 0.3) is 0 Å². The van der Waals surface area contributed by atoms with E-state index in [9.17, 15) is 23.2 Å². The lowest BCUT2D eigenvalue weighted by Gasteiger charge is -2.36. The van der Waals surface area contributed by atoms with Crippen LogP contribution in [0.3, 0.4) is 0 Å². The van der Waals surface area contributed by atoms with Crippen molar-refractivity contribution in [2.75, 3.05) is 63.2 Å².